The van der Waals surface area contributed by atoms with Crippen LogP contribution in [0.5, 0.6) is 0 Å². The predicted molar refractivity (Wildman–Crippen MR) is 205 cm³/mol. The molecule has 0 amide bonds. The van der Waals surface area contributed by atoms with Gasteiger partial charge in [0.2, 0.25) is 0 Å². The van der Waals surface area contributed by atoms with Crippen LogP contribution in [0.2, 0.25) is 55.9 Å². The minimum atomic E-state index is -1.85. The summed E-state index contributed by atoms with van der Waals surface area (Å²) in [6.45, 7) is 35.4. The van der Waals surface area contributed by atoms with E-state index in [-0.39, 0.29) is 27.9 Å². The smallest absolute Gasteiger partial charge is 0.192 e. The zero-order chi connectivity index (χ0) is 34.1. The summed E-state index contributed by atoms with van der Waals surface area (Å²) in [6.07, 6.45) is 22.4. The zero-order valence-electron chi connectivity index (χ0n) is 32.8. The quantitative estimate of drug-likeness (QED) is 0.204. The van der Waals surface area contributed by atoms with Gasteiger partial charge in [-0.15, -0.1) is 0 Å². The molecule has 3 saturated carbocycles. The van der Waals surface area contributed by atoms with E-state index >= 15 is 0 Å². The van der Waals surface area contributed by atoms with Gasteiger partial charge in [0.25, 0.3) is 0 Å². The van der Waals surface area contributed by atoms with Crippen LogP contribution in [0.15, 0.2) is 23.3 Å². The summed E-state index contributed by atoms with van der Waals surface area (Å²) in [5.74, 6) is 0.908. The molecule has 3 fully saturated rings. The molecular formula is C39H76O3Si3. The molecule has 3 rings (SSSR count). The van der Waals surface area contributed by atoms with Gasteiger partial charge in [-0.25, -0.2) is 0 Å². The average molecular weight is 677 g/mol. The third kappa shape index (κ3) is 11.8. The Labute approximate surface area is 284 Å². The van der Waals surface area contributed by atoms with E-state index in [0.717, 1.165) is 25.2 Å². The maximum Gasteiger partial charge on any atom is 0.192 e. The molecule has 1 spiro atoms. The Bertz CT molecular complexity index is 999. The molecular weight excluding hydrogens is 601 g/mol. The summed E-state index contributed by atoms with van der Waals surface area (Å²) in [6, 6.07) is 0. The largest absolute Gasteiger partial charge is 0.414 e. The van der Waals surface area contributed by atoms with Gasteiger partial charge in [-0.05, 0) is 152 Å². The highest BCUT2D eigenvalue weighted by Gasteiger charge is 2.44. The molecule has 4 atom stereocenters. The molecule has 0 aromatic rings. The first-order chi connectivity index (χ1) is 20.3. The van der Waals surface area contributed by atoms with E-state index in [9.17, 15) is 0 Å². The molecule has 45 heavy (non-hydrogen) atoms. The maximum absolute atomic E-state index is 7.07. The Balaban J connectivity index is 1.67. The molecule has 262 valence electrons. The van der Waals surface area contributed by atoms with Crippen LogP contribution in [0, 0.1) is 11.3 Å². The number of allylic oxidation sites excluding steroid dienone is 3. The van der Waals surface area contributed by atoms with Crippen LogP contribution < -0.4 is 0 Å². The molecule has 0 saturated heterocycles. The van der Waals surface area contributed by atoms with Gasteiger partial charge in [-0.3, -0.25) is 0 Å². The third-order valence-electron chi connectivity index (χ3n) is 12.2. The SMILES string of the molecule is CC(C)(CCC[C@@H]1CC[C@]2(CCC/C(=C/C=C3C[C@@H](O[Si](C)(C)C(C)(C)C)C[C@@H](O[Si](C)(C)C(C)(C)C)C3)C2)C1)O[Si](C)(C)C. The highest BCUT2D eigenvalue weighted by Crippen LogP contribution is 2.54. The molecule has 0 aromatic carbocycles. The molecule has 0 heterocycles. The van der Waals surface area contributed by atoms with Gasteiger partial charge in [-0.1, -0.05) is 77.7 Å². The molecule has 6 heteroatoms. The fourth-order valence-corrected chi connectivity index (χ4v) is 12.5. The molecule has 0 unspecified atom stereocenters. The predicted octanol–water partition coefficient (Wildman–Crippen LogP) is 13.0. The average Bonchev–Trinajstić information content (AvgIpc) is 3.20. The van der Waals surface area contributed by atoms with Crippen LogP contribution in [0.3, 0.4) is 0 Å². The van der Waals surface area contributed by atoms with Crippen LogP contribution in [-0.4, -0.2) is 42.8 Å². The second kappa shape index (κ2) is 14.5. The van der Waals surface area contributed by atoms with Crippen LogP contribution in [0.4, 0.5) is 0 Å². The lowest BCUT2D eigenvalue weighted by Crippen LogP contribution is -2.48. The van der Waals surface area contributed by atoms with Crippen molar-refractivity contribution in [3.05, 3.63) is 23.3 Å². The summed E-state index contributed by atoms with van der Waals surface area (Å²) in [5, 5.41) is 0.444. The van der Waals surface area contributed by atoms with Gasteiger partial charge in [0.1, 0.15) is 0 Å². The molecule has 0 aromatic heterocycles. The first-order valence-corrected chi connectivity index (χ1v) is 28.0. The van der Waals surface area contributed by atoms with Crippen LogP contribution in [-0.2, 0) is 13.3 Å². The molecule has 3 nitrogen and oxygen atoms in total. The number of rotatable bonds is 11. The lowest BCUT2D eigenvalue weighted by atomic mass is 9.70. The molecule has 3 aliphatic carbocycles. The Kier molecular flexibility index (Phi) is 12.7. The van der Waals surface area contributed by atoms with E-state index in [1.54, 1.807) is 11.1 Å². The van der Waals surface area contributed by atoms with E-state index in [2.05, 4.69) is 113 Å². The van der Waals surface area contributed by atoms with Gasteiger partial charge in [0.15, 0.2) is 25.0 Å². The van der Waals surface area contributed by atoms with Gasteiger partial charge in [-0.2, -0.15) is 0 Å². The highest BCUT2D eigenvalue weighted by atomic mass is 28.4. The summed E-state index contributed by atoms with van der Waals surface area (Å²) >= 11 is 0. The van der Waals surface area contributed by atoms with Crippen LogP contribution in [0.1, 0.15) is 139 Å². The normalized spacial score (nSPS) is 29.7. The van der Waals surface area contributed by atoms with Gasteiger partial charge in [0.05, 0.1) is 17.8 Å². The van der Waals surface area contributed by atoms with Crippen molar-refractivity contribution in [2.45, 2.75) is 213 Å². The molecule has 3 aliphatic rings. The van der Waals surface area contributed by atoms with E-state index < -0.39 is 25.0 Å². The first kappa shape index (κ1) is 39.4. The number of hydrogen-bond donors (Lipinski definition) is 0. The van der Waals surface area contributed by atoms with Gasteiger partial charge in [0, 0.05) is 0 Å². The van der Waals surface area contributed by atoms with E-state index in [1.807, 2.05) is 0 Å². The first-order valence-electron chi connectivity index (χ1n) is 18.7. The van der Waals surface area contributed by atoms with Crippen molar-refractivity contribution in [3.63, 3.8) is 0 Å². The minimum absolute atomic E-state index is 0.0254. The fourth-order valence-electron chi connectivity index (χ4n) is 8.01. The van der Waals surface area contributed by atoms with Crippen molar-refractivity contribution in [2.75, 3.05) is 0 Å². The summed E-state index contributed by atoms with van der Waals surface area (Å²) in [7, 11) is -5.21. The van der Waals surface area contributed by atoms with E-state index in [4.69, 9.17) is 13.3 Å². The van der Waals surface area contributed by atoms with Crippen molar-refractivity contribution in [3.8, 4) is 0 Å². The topological polar surface area (TPSA) is 27.7 Å². The Morgan fingerprint density at radius 1 is 0.756 bits per heavy atom. The fraction of sp³-hybridized carbons (Fsp3) is 0.897. The van der Waals surface area contributed by atoms with E-state index in [0.29, 0.717) is 5.41 Å². The molecule has 0 bridgehead atoms. The number of hydrogen-bond acceptors (Lipinski definition) is 3. The monoisotopic (exact) mass is 677 g/mol. The Morgan fingerprint density at radius 2 is 1.29 bits per heavy atom. The van der Waals surface area contributed by atoms with Crippen molar-refractivity contribution in [1.29, 1.82) is 0 Å². The second-order valence-electron chi connectivity index (χ2n) is 20.3. The second-order valence-corrected chi connectivity index (χ2v) is 34.2. The minimum Gasteiger partial charge on any atom is -0.414 e. The molecule has 0 radical (unpaired) electrons. The molecule has 0 N–H and O–H groups in total. The highest BCUT2D eigenvalue weighted by molar-refractivity contribution is 6.74. The standard InChI is InChI=1S/C39H76O3Si3/c1-36(2,3)44(12,13)40-34-26-33(27-35(28-34)41-45(14,15)37(4,5)6)21-20-31-19-17-24-39(29-31)25-22-32(30-39)18-16-23-38(7,8)42-43(9,10)11/h20-21,32,34-35H,16-19,22-30H2,1-15H3/b31-20-,33-21?/t32-,34-,35+,39+/m1/s1. The van der Waals surface area contributed by atoms with Crippen molar-refractivity contribution in [1.82, 2.24) is 0 Å². The summed E-state index contributed by atoms with van der Waals surface area (Å²) in [5.41, 5.74) is 3.84. The maximum atomic E-state index is 7.07. The van der Waals surface area contributed by atoms with Crippen LogP contribution in [0.25, 0.3) is 0 Å². The van der Waals surface area contributed by atoms with Gasteiger partial charge < -0.3 is 13.3 Å². The van der Waals surface area contributed by atoms with Crippen molar-refractivity contribution in [2.24, 2.45) is 11.3 Å². The Morgan fingerprint density at radius 3 is 1.80 bits per heavy atom. The molecule has 0 aliphatic heterocycles. The zero-order valence-corrected chi connectivity index (χ0v) is 35.8. The third-order valence-corrected chi connectivity index (χ3v) is 22.4. The Hall–Kier alpha value is 0.0106. The lowest BCUT2D eigenvalue weighted by Gasteiger charge is -2.45. The van der Waals surface area contributed by atoms with Gasteiger partial charge >= 0.3 is 0 Å². The summed E-state index contributed by atoms with van der Waals surface area (Å²) < 4.78 is 20.6. The van der Waals surface area contributed by atoms with E-state index in [1.165, 1.54) is 64.2 Å². The lowest BCUT2D eigenvalue weighted by molar-refractivity contribution is 0.0725. The summed E-state index contributed by atoms with van der Waals surface area (Å²) in [4.78, 5) is 0. The van der Waals surface area contributed by atoms with Crippen molar-refractivity contribution >= 4 is 25.0 Å². The van der Waals surface area contributed by atoms with Crippen LogP contribution >= 0.6 is 0 Å². The van der Waals surface area contributed by atoms with Crippen molar-refractivity contribution < 1.29 is 13.3 Å².